The Kier molecular flexibility index (Phi) is 5.35. The van der Waals surface area contributed by atoms with Crippen LogP contribution in [0.2, 0.25) is 0 Å². The summed E-state index contributed by atoms with van der Waals surface area (Å²) >= 11 is 0. The smallest absolute Gasteiger partial charge is 0.416 e. The van der Waals surface area contributed by atoms with Gasteiger partial charge in [-0.05, 0) is 47.7 Å². The van der Waals surface area contributed by atoms with Gasteiger partial charge >= 0.3 is 6.18 Å². The van der Waals surface area contributed by atoms with Gasteiger partial charge in [-0.15, -0.1) is 0 Å². The monoisotopic (exact) mass is 365 g/mol. The Hall–Kier alpha value is -2.50. The zero-order valence-corrected chi connectivity index (χ0v) is 15.4. The molecule has 0 atom stereocenters. The highest BCUT2D eigenvalue weighted by atomic mass is 19.4. The summed E-state index contributed by atoms with van der Waals surface area (Å²) in [5.41, 5.74) is 0.895. The van der Waals surface area contributed by atoms with Crippen molar-refractivity contribution in [2.24, 2.45) is 0 Å². The second-order valence-corrected chi connectivity index (χ2v) is 7.22. The molecule has 2 aromatic rings. The molecule has 2 rings (SSSR count). The predicted octanol–water partition coefficient (Wildman–Crippen LogP) is 6.06. The van der Waals surface area contributed by atoms with Gasteiger partial charge < -0.3 is 10.1 Å². The predicted molar refractivity (Wildman–Crippen MR) is 95.7 cm³/mol. The lowest BCUT2D eigenvalue weighted by Gasteiger charge is -2.21. The van der Waals surface area contributed by atoms with Crippen molar-refractivity contribution in [3.05, 3.63) is 53.1 Å². The van der Waals surface area contributed by atoms with E-state index >= 15 is 0 Å². The number of hydrogen-bond donors (Lipinski definition) is 1. The molecule has 0 aliphatic heterocycles. The van der Waals surface area contributed by atoms with E-state index < -0.39 is 17.6 Å². The third-order valence-electron chi connectivity index (χ3n) is 3.89. The average molecular weight is 365 g/mol. The SMILES string of the molecule is CC(=O)Nc1cc(C(F)(F)F)ccc1Oc1cc(C(C)(C)C)ccc1C. The Morgan fingerprint density at radius 2 is 1.58 bits per heavy atom. The van der Waals surface area contributed by atoms with Crippen molar-refractivity contribution < 1.29 is 22.7 Å². The number of carbonyl (C=O) groups excluding carboxylic acids is 1. The summed E-state index contributed by atoms with van der Waals surface area (Å²) in [6, 6.07) is 8.78. The molecule has 0 saturated carbocycles. The first-order valence-electron chi connectivity index (χ1n) is 8.16. The molecule has 0 fully saturated rings. The number of hydrogen-bond acceptors (Lipinski definition) is 2. The maximum Gasteiger partial charge on any atom is 0.416 e. The van der Waals surface area contributed by atoms with Crippen LogP contribution in [0.5, 0.6) is 11.5 Å². The van der Waals surface area contributed by atoms with Crippen molar-refractivity contribution in [1.82, 2.24) is 0 Å². The Labute approximate surface area is 151 Å². The molecule has 0 bridgehead atoms. The summed E-state index contributed by atoms with van der Waals surface area (Å²) in [6.45, 7) is 9.26. The van der Waals surface area contributed by atoms with E-state index in [2.05, 4.69) is 26.1 Å². The van der Waals surface area contributed by atoms with Gasteiger partial charge in [0.2, 0.25) is 5.91 Å². The summed E-state index contributed by atoms with van der Waals surface area (Å²) in [5.74, 6) is 0.209. The van der Waals surface area contributed by atoms with Crippen molar-refractivity contribution >= 4 is 11.6 Å². The van der Waals surface area contributed by atoms with Gasteiger partial charge in [0.25, 0.3) is 0 Å². The molecule has 0 heterocycles. The van der Waals surface area contributed by atoms with Gasteiger partial charge in [0, 0.05) is 6.92 Å². The van der Waals surface area contributed by atoms with Gasteiger partial charge in [0.15, 0.2) is 5.75 Å². The Balaban J connectivity index is 2.47. The first-order chi connectivity index (χ1) is 11.9. The lowest BCUT2D eigenvalue weighted by Crippen LogP contribution is -2.12. The van der Waals surface area contributed by atoms with Gasteiger partial charge in [-0.25, -0.2) is 0 Å². The molecule has 1 amide bonds. The van der Waals surface area contributed by atoms with Gasteiger partial charge in [-0.1, -0.05) is 32.9 Å². The quantitative estimate of drug-likeness (QED) is 0.718. The van der Waals surface area contributed by atoms with E-state index in [0.717, 1.165) is 23.3 Å². The first-order valence-corrected chi connectivity index (χ1v) is 8.16. The number of nitrogens with one attached hydrogen (secondary N) is 1. The van der Waals surface area contributed by atoms with E-state index in [9.17, 15) is 18.0 Å². The maximum absolute atomic E-state index is 13.0. The molecular formula is C20H22F3NO2. The van der Waals surface area contributed by atoms with Crippen LogP contribution in [0.4, 0.5) is 18.9 Å². The van der Waals surface area contributed by atoms with Crippen molar-refractivity contribution in [3.63, 3.8) is 0 Å². The third kappa shape index (κ3) is 4.77. The molecule has 0 unspecified atom stereocenters. The number of amides is 1. The van der Waals surface area contributed by atoms with E-state index in [0.29, 0.717) is 5.75 Å². The van der Waals surface area contributed by atoms with Crippen molar-refractivity contribution in [2.45, 2.75) is 46.2 Å². The van der Waals surface area contributed by atoms with Crippen LogP contribution in [0.25, 0.3) is 0 Å². The third-order valence-corrected chi connectivity index (χ3v) is 3.89. The fourth-order valence-corrected chi connectivity index (χ4v) is 2.38. The van der Waals surface area contributed by atoms with Crippen molar-refractivity contribution in [1.29, 1.82) is 0 Å². The second kappa shape index (κ2) is 7.02. The Bertz CT molecular complexity index is 821. The lowest BCUT2D eigenvalue weighted by molar-refractivity contribution is -0.137. The van der Waals surface area contributed by atoms with E-state index in [1.165, 1.54) is 13.0 Å². The minimum Gasteiger partial charge on any atom is -0.455 e. The van der Waals surface area contributed by atoms with E-state index in [4.69, 9.17) is 4.74 Å². The molecule has 1 N–H and O–H groups in total. The first kappa shape index (κ1) is 19.8. The number of benzene rings is 2. The van der Waals surface area contributed by atoms with Crippen LogP contribution in [0.15, 0.2) is 36.4 Å². The maximum atomic E-state index is 13.0. The van der Waals surface area contributed by atoms with E-state index in [1.54, 1.807) is 0 Å². The second-order valence-electron chi connectivity index (χ2n) is 7.22. The normalized spacial score (nSPS) is 12.0. The molecule has 0 saturated heterocycles. The van der Waals surface area contributed by atoms with Crippen LogP contribution in [0, 0.1) is 6.92 Å². The highest BCUT2D eigenvalue weighted by Gasteiger charge is 2.31. The molecule has 0 spiro atoms. The number of anilines is 1. The van der Waals surface area contributed by atoms with Gasteiger partial charge in [-0.2, -0.15) is 13.2 Å². The van der Waals surface area contributed by atoms with Crippen LogP contribution in [0.1, 0.15) is 44.4 Å². The van der Waals surface area contributed by atoms with Crippen LogP contribution in [-0.2, 0) is 16.4 Å². The molecule has 0 aromatic heterocycles. The van der Waals surface area contributed by atoms with Crippen LogP contribution in [-0.4, -0.2) is 5.91 Å². The topological polar surface area (TPSA) is 38.3 Å². The minimum atomic E-state index is -4.51. The lowest BCUT2D eigenvalue weighted by atomic mass is 9.86. The largest absolute Gasteiger partial charge is 0.455 e. The highest BCUT2D eigenvalue weighted by Crippen LogP contribution is 2.38. The summed E-state index contributed by atoms with van der Waals surface area (Å²) in [5, 5.41) is 2.41. The molecule has 0 aliphatic rings. The van der Waals surface area contributed by atoms with Gasteiger partial charge in [-0.3, -0.25) is 4.79 Å². The number of alkyl halides is 3. The van der Waals surface area contributed by atoms with E-state index in [-0.39, 0.29) is 16.9 Å². The Morgan fingerprint density at radius 1 is 0.962 bits per heavy atom. The highest BCUT2D eigenvalue weighted by molar-refractivity contribution is 5.90. The fraction of sp³-hybridized carbons (Fsp3) is 0.350. The molecule has 140 valence electrons. The Morgan fingerprint density at radius 3 is 2.12 bits per heavy atom. The number of aryl methyl sites for hydroxylation is 1. The molecule has 26 heavy (non-hydrogen) atoms. The van der Waals surface area contributed by atoms with Crippen molar-refractivity contribution in [3.8, 4) is 11.5 Å². The van der Waals surface area contributed by atoms with Crippen molar-refractivity contribution in [2.75, 3.05) is 5.32 Å². The van der Waals surface area contributed by atoms with Crippen LogP contribution >= 0.6 is 0 Å². The number of halogens is 3. The van der Waals surface area contributed by atoms with E-state index in [1.807, 2.05) is 25.1 Å². The molecule has 6 heteroatoms. The number of ether oxygens (including phenoxy) is 1. The summed E-state index contributed by atoms with van der Waals surface area (Å²) < 4.78 is 44.7. The molecule has 0 aliphatic carbocycles. The number of carbonyl (C=O) groups is 1. The molecule has 2 aromatic carbocycles. The zero-order chi connectivity index (χ0) is 19.7. The molecule has 0 radical (unpaired) electrons. The van der Waals surface area contributed by atoms with Gasteiger partial charge in [0.1, 0.15) is 5.75 Å². The average Bonchev–Trinajstić information content (AvgIpc) is 2.48. The number of rotatable bonds is 3. The standard InChI is InChI=1S/C20H22F3NO2/c1-12-6-7-14(19(3,4)5)11-18(12)26-17-9-8-15(20(21,22)23)10-16(17)24-13(2)25/h6-11H,1-5H3,(H,24,25). The zero-order valence-electron chi connectivity index (χ0n) is 15.4. The van der Waals surface area contributed by atoms with Crippen LogP contribution < -0.4 is 10.1 Å². The summed E-state index contributed by atoms with van der Waals surface area (Å²) in [6.07, 6.45) is -4.51. The minimum absolute atomic E-state index is 0.0205. The van der Waals surface area contributed by atoms with Crippen LogP contribution in [0.3, 0.4) is 0 Å². The summed E-state index contributed by atoms with van der Waals surface area (Å²) in [4.78, 5) is 11.4. The van der Waals surface area contributed by atoms with Gasteiger partial charge in [0.05, 0.1) is 11.3 Å². The fourth-order valence-electron chi connectivity index (χ4n) is 2.38. The molecular weight excluding hydrogens is 343 g/mol. The molecule has 3 nitrogen and oxygen atoms in total. The summed E-state index contributed by atoms with van der Waals surface area (Å²) in [7, 11) is 0.